The number of thioether (sulfide) groups is 1. The number of carbonyl (C=O) groups excluding carboxylic acids is 1. The van der Waals surface area contributed by atoms with Gasteiger partial charge in [0, 0.05) is 18.0 Å². The number of benzene rings is 2. The number of urea groups is 1. The van der Waals surface area contributed by atoms with E-state index in [9.17, 15) is 4.79 Å². The molecule has 5 heteroatoms. The summed E-state index contributed by atoms with van der Waals surface area (Å²) in [6.45, 7) is 2.87. The fourth-order valence-corrected chi connectivity index (χ4v) is 4.00. The van der Waals surface area contributed by atoms with Crippen LogP contribution >= 0.6 is 11.8 Å². The zero-order valence-electron chi connectivity index (χ0n) is 14.0. The Morgan fingerprint density at radius 1 is 1.21 bits per heavy atom. The van der Waals surface area contributed by atoms with Crippen LogP contribution in [0.1, 0.15) is 23.4 Å². The van der Waals surface area contributed by atoms with Crippen LogP contribution in [0.5, 0.6) is 5.75 Å². The molecule has 2 aromatic carbocycles. The van der Waals surface area contributed by atoms with E-state index in [2.05, 4.69) is 24.4 Å². The molecule has 1 fully saturated rings. The fourth-order valence-electron chi connectivity index (χ4n) is 2.74. The third-order valence-corrected chi connectivity index (χ3v) is 5.43. The van der Waals surface area contributed by atoms with Crippen LogP contribution in [-0.4, -0.2) is 30.3 Å². The van der Waals surface area contributed by atoms with Gasteiger partial charge in [-0.05, 0) is 41.8 Å². The number of hydrogen-bond acceptors (Lipinski definition) is 3. The summed E-state index contributed by atoms with van der Waals surface area (Å²) in [5.74, 6) is 1.77. The van der Waals surface area contributed by atoms with E-state index >= 15 is 0 Å². The molecule has 1 saturated heterocycles. The number of ether oxygens (including phenoxy) is 1. The smallest absolute Gasteiger partial charge is 0.323 e. The largest absolute Gasteiger partial charge is 0.497 e. The van der Waals surface area contributed by atoms with E-state index in [0.29, 0.717) is 0 Å². The van der Waals surface area contributed by atoms with Gasteiger partial charge >= 0.3 is 6.03 Å². The number of nitrogens with zero attached hydrogens (tertiary/aromatic N) is 1. The first kappa shape index (κ1) is 16.7. The maximum Gasteiger partial charge on any atom is 0.323 e. The Labute approximate surface area is 147 Å². The molecule has 0 bridgehead atoms. The van der Waals surface area contributed by atoms with Gasteiger partial charge in [0.2, 0.25) is 0 Å². The number of anilines is 1. The fraction of sp³-hybridized carbons (Fsp3) is 0.316. The Morgan fingerprint density at radius 2 is 1.92 bits per heavy atom. The maximum absolute atomic E-state index is 12.7. The summed E-state index contributed by atoms with van der Waals surface area (Å²) in [5, 5.41) is 3.05. The average molecular weight is 342 g/mol. The predicted octanol–water partition coefficient (Wildman–Crippen LogP) is 4.54. The summed E-state index contributed by atoms with van der Waals surface area (Å²) in [5.41, 5.74) is 3.22. The molecule has 126 valence electrons. The third-order valence-electron chi connectivity index (χ3n) is 4.17. The van der Waals surface area contributed by atoms with Crippen LogP contribution in [0.4, 0.5) is 10.5 Å². The molecule has 0 aromatic heterocycles. The SMILES string of the molecule is CCc1ccc(NC(=O)N2CCSC2c2ccc(OC)cc2)cc1. The molecule has 1 atom stereocenters. The number of hydrogen-bond donors (Lipinski definition) is 1. The summed E-state index contributed by atoms with van der Waals surface area (Å²) in [6.07, 6.45) is 0.997. The van der Waals surface area contributed by atoms with Crippen LogP contribution in [0.15, 0.2) is 48.5 Å². The van der Waals surface area contributed by atoms with Crippen molar-refractivity contribution in [3.8, 4) is 5.75 Å². The van der Waals surface area contributed by atoms with Crippen molar-refractivity contribution in [1.29, 1.82) is 0 Å². The molecule has 3 rings (SSSR count). The molecule has 0 radical (unpaired) electrons. The maximum atomic E-state index is 12.7. The van der Waals surface area contributed by atoms with Crippen LogP contribution in [0.3, 0.4) is 0 Å². The lowest BCUT2D eigenvalue weighted by atomic mass is 10.1. The lowest BCUT2D eigenvalue weighted by Gasteiger charge is -2.24. The van der Waals surface area contributed by atoms with Crippen LogP contribution in [0, 0.1) is 0 Å². The van der Waals surface area contributed by atoms with Crippen LogP contribution < -0.4 is 10.1 Å². The van der Waals surface area contributed by atoms with Crippen molar-refractivity contribution in [3.63, 3.8) is 0 Å². The van der Waals surface area contributed by atoms with Crippen molar-refractivity contribution in [3.05, 3.63) is 59.7 Å². The lowest BCUT2D eigenvalue weighted by molar-refractivity contribution is 0.214. The van der Waals surface area contributed by atoms with Gasteiger partial charge in [0.1, 0.15) is 11.1 Å². The first-order chi connectivity index (χ1) is 11.7. The number of aryl methyl sites for hydroxylation is 1. The van der Waals surface area contributed by atoms with Crippen molar-refractivity contribution >= 4 is 23.5 Å². The number of carbonyl (C=O) groups is 1. The van der Waals surface area contributed by atoms with E-state index in [1.165, 1.54) is 5.56 Å². The molecular formula is C19H22N2O2S. The summed E-state index contributed by atoms with van der Waals surface area (Å²) < 4.78 is 5.20. The summed E-state index contributed by atoms with van der Waals surface area (Å²) in [4.78, 5) is 14.5. The van der Waals surface area contributed by atoms with Crippen molar-refractivity contribution in [2.24, 2.45) is 0 Å². The lowest BCUT2D eigenvalue weighted by Crippen LogP contribution is -2.34. The number of amides is 2. The molecule has 1 aliphatic heterocycles. The first-order valence-corrected chi connectivity index (χ1v) is 9.18. The molecular weight excluding hydrogens is 320 g/mol. The summed E-state index contributed by atoms with van der Waals surface area (Å²) >= 11 is 1.79. The van der Waals surface area contributed by atoms with Gasteiger partial charge in [-0.3, -0.25) is 0 Å². The van der Waals surface area contributed by atoms with Crippen molar-refractivity contribution in [2.75, 3.05) is 24.7 Å². The molecule has 1 heterocycles. The van der Waals surface area contributed by atoms with E-state index < -0.39 is 0 Å². The van der Waals surface area contributed by atoms with Crippen LogP contribution in [0.25, 0.3) is 0 Å². The molecule has 0 saturated carbocycles. The summed E-state index contributed by atoms with van der Waals surface area (Å²) in [7, 11) is 1.66. The quantitative estimate of drug-likeness (QED) is 0.887. The number of rotatable bonds is 4. The van der Waals surface area contributed by atoms with Gasteiger partial charge in [0.15, 0.2) is 0 Å². The van der Waals surface area contributed by atoms with E-state index in [-0.39, 0.29) is 11.4 Å². The minimum Gasteiger partial charge on any atom is -0.497 e. The highest BCUT2D eigenvalue weighted by molar-refractivity contribution is 7.99. The van der Waals surface area contributed by atoms with Gasteiger partial charge < -0.3 is 15.0 Å². The van der Waals surface area contributed by atoms with E-state index in [4.69, 9.17) is 4.74 Å². The Bertz CT molecular complexity index is 686. The average Bonchev–Trinajstić information content (AvgIpc) is 3.12. The Morgan fingerprint density at radius 3 is 2.54 bits per heavy atom. The molecule has 2 aromatic rings. The van der Waals surface area contributed by atoms with E-state index in [0.717, 1.165) is 35.7 Å². The minimum absolute atomic E-state index is 0.0471. The molecule has 0 aliphatic carbocycles. The van der Waals surface area contributed by atoms with E-state index in [1.807, 2.05) is 41.3 Å². The van der Waals surface area contributed by atoms with Gasteiger partial charge in [-0.25, -0.2) is 4.79 Å². The second kappa shape index (κ2) is 7.62. The third kappa shape index (κ3) is 3.67. The minimum atomic E-state index is -0.0509. The molecule has 4 nitrogen and oxygen atoms in total. The van der Waals surface area contributed by atoms with E-state index in [1.54, 1.807) is 18.9 Å². The topological polar surface area (TPSA) is 41.6 Å². The van der Waals surface area contributed by atoms with Gasteiger partial charge in [-0.2, -0.15) is 0 Å². The molecule has 2 amide bonds. The second-order valence-corrected chi connectivity index (χ2v) is 6.86. The zero-order valence-corrected chi connectivity index (χ0v) is 14.8. The number of methoxy groups -OCH3 is 1. The first-order valence-electron chi connectivity index (χ1n) is 8.13. The second-order valence-electron chi connectivity index (χ2n) is 5.67. The summed E-state index contributed by atoms with van der Waals surface area (Å²) in [6, 6.07) is 15.9. The molecule has 1 unspecified atom stereocenters. The van der Waals surface area contributed by atoms with Crippen LogP contribution in [-0.2, 0) is 6.42 Å². The molecule has 1 aliphatic rings. The highest BCUT2D eigenvalue weighted by Crippen LogP contribution is 2.38. The zero-order chi connectivity index (χ0) is 16.9. The van der Waals surface area contributed by atoms with Crippen molar-refractivity contribution < 1.29 is 9.53 Å². The predicted molar refractivity (Wildman–Crippen MR) is 99.7 cm³/mol. The van der Waals surface area contributed by atoms with Gasteiger partial charge in [-0.15, -0.1) is 11.8 Å². The molecule has 1 N–H and O–H groups in total. The highest BCUT2D eigenvalue weighted by atomic mass is 32.2. The normalized spacial score (nSPS) is 16.9. The molecule has 24 heavy (non-hydrogen) atoms. The highest BCUT2D eigenvalue weighted by Gasteiger charge is 2.30. The Balaban J connectivity index is 1.70. The number of nitrogens with one attached hydrogen (secondary N) is 1. The van der Waals surface area contributed by atoms with Gasteiger partial charge in [-0.1, -0.05) is 31.2 Å². The Kier molecular flexibility index (Phi) is 5.30. The Hall–Kier alpha value is -2.14. The van der Waals surface area contributed by atoms with Gasteiger partial charge in [0.25, 0.3) is 0 Å². The van der Waals surface area contributed by atoms with Crippen LogP contribution in [0.2, 0.25) is 0 Å². The monoisotopic (exact) mass is 342 g/mol. The van der Waals surface area contributed by atoms with Crippen molar-refractivity contribution in [1.82, 2.24) is 4.90 Å². The standard InChI is InChI=1S/C19H22N2O2S/c1-3-14-4-8-16(9-5-14)20-19(22)21-12-13-24-18(21)15-6-10-17(23-2)11-7-15/h4-11,18H,3,12-13H2,1-2H3,(H,20,22). The van der Waals surface area contributed by atoms with Gasteiger partial charge in [0.05, 0.1) is 7.11 Å². The van der Waals surface area contributed by atoms with Crippen molar-refractivity contribution in [2.45, 2.75) is 18.7 Å². The molecule has 0 spiro atoms.